The minimum atomic E-state index is -3.60. The van der Waals surface area contributed by atoms with Gasteiger partial charge in [0.15, 0.2) is 0 Å². The zero-order valence-electron chi connectivity index (χ0n) is 15.0. The van der Waals surface area contributed by atoms with E-state index < -0.39 is 10.0 Å². The molecule has 1 heterocycles. The first-order valence-electron chi connectivity index (χ1n) is 8.28. The molecule has 0 bridgehead atoms. The first-order chi connectivity index (χ1) is 11.2. The van der Waals surface area contributed by atoms with Crippen molar-refractivity contribution in [3.8, 4) is 0 Å². The van der Waals surface area contributed by atoms with Gasteiger partial charge in [-0.05, 0) is 45.9 Å². The highest BCUT2D eigenvalue weighted by Crippen LogP contribution is 2.20. The van der Waals surface area contributed by atoms with Crippen LogP contribution in [0.2, 0.25) is 0 Å². The highest BCUT2D eigenvalue weighted by atomic mass is 32.2. The van der Waals surface area contributed by atoms with Gasteiger partial charge in [0.25, 0.3) is 5.91 Å². The van der Waals surface area contributed by atoms with E-state index in [2.05, 4.69) is 5.32 Å². The molecular formula is C17H27N3O3S. The molecule has 24 heavy (non-hydrogen) atoms. The van der Waals surface area contributed by atoms with Crippen LogP contribution in [-0.2, 0) is 10.0 Å². The Balaban J connectivity index is 2.32. The maximum Gasteiger partial charge on any atom is 0.254 e. The second-order valence-electron chi connectivity index (χ2n) is 6.62. The van der Waals surface area contributed by atoms with E-state index in [9.17, 15) is 13.2 Å². The molecule has 1 aliphatic rings. The van der Waals surface area contributed by atoms with Gasteiger partial charge < -0.3 is 10.2 Å². The van der Waals surface area contributed by atoms with Gasteiger partial charge in [-0.1, -0.05) is 6.07 Å². The van der Waals surface area contributed by atoms with E-state index in [0.717, 1.165) is 6.54 Å². The third kappa shape index (κ3) is 3.63. The molecule has 2 rings (SSSR count). The summed E-state index contributed by atoms with van der Waals surface area (Å²) >= 11 is 0. The zero-order chi connectivity index (χ0) is 18.1. The topological polar surface area (TPSA) is 69.7 Å². The Bertz CT molecular complexity index is 703. The van der Waals surface area contributed by atoms with Crippen LogP contribution in [0.4, 0.5) is 0 Å². The summed E-state index contributed by atoms with van der Waals surface area (Å²) in [5.41, 5.74) is 0.411. The first kappa shape index (κ1) is 18.9. The van der Waals surface area contributed by atoms with E-state index in [0.29, 0.717) is 12.1 Å². The van der Waals surface area contributed by atoms with Gasteiger partial charge in [-0.3, -0.25) is 4.79 Å². The summed E-state index contributed by atoms with van der Waals surface area (Å²) < 4.78 is 26.6. The van der Waals surface area contributed by atoms with E-state index in [1.54, 1.807) is 24.1 Å². The van der Waals surface area contributed by atoms with E-state index in [1.165, 1.54) is 16.4 Å². The van der Waals surface area contributed by atoms with Crippen LogP contribution in [-0.4, -0.2) is 61.8 Å². The number of rotatable bonds is 4. The Labute approximate surface area is 144 Å². The molecule has 0 saturated carbocycles. The van der Waals surface area contributed by atoms with Crippen molar-refractivity contribution in [1.29, 1.82) is 0 Å². The predicted molar refractivity (Wildman–Crippen MR) is 94.5 cm³/mol. The molecule has 0 aliphatic carbocycles. The third-order valence-electron chi connectivity index (χ3n) is 4.78. The lowest BCUT2D eigenvalue weighted by atomic mass is 10.1. The summed E-state index contributed by atoms with van der Waals surface area (Å²) in [5.74, 6) is -0.125. The lowest BCUT2D eigenvalue weighted by Gasteiger charge is -2.38. The van der Waals surface area contributed by atoms with Gasteiger partial charge in [-0.25, -0.2) is 8.42 Å². The summed E-state index contributed by atoms with van der Waals surface area (Å²) in [5, 5.41) is 3.33. The van der Waals surface area contributed by atoms with E-state index in [4.69, 9.17) is 0 Å². The SMILES string of the molecule is CC1NCCN(C(=O)c2cccc(S(=O)(=O)N(C)C(C)C)c2)C1C. The van der Waals surface area contributed by atoms with Crippen LogP contribution in [0.25, 0.3) is 0 Å². The van der Waals surface area contributed by atoms with Crippen LogP contribution in [0.5, 0.6) is 0 Å². The average molecular weight is 353 g/mol. The van der Waals surface area contributed by atoms with Gasteiger partial charge in [-0.2, -0.15) is 4.31 Å². The second-order valence-corrected chi connectivity index (χ2v) is 8.62. The molecule has 0 aromatic heterocycles. The summed E-state index contributed by atoms with van der Waals surface area (Å²) in [6.07, 6.45) is 0. The normalized spacial score (nSPS) is 22.2. The molecule has 2 atom stereocenters. The van der Waals surface area contributed by atoms with Crippen molar-refractivity contribution in [2.75, 3.05) is 20.1 Å². The fourth-order valence-corrected chi connectivity index (χ4v) is 4.16. The van der Waals surface area contributed by atoms with Crippen LogP contribution in [0.3, 0.4) is 0 Å². The number of hydrogen-bond donors (Lipinski definition) is 1. The fraction of sp³-hybridized carbons (Fsp3) is 0.588. The van der Waals surface area contributed by atoms with Crippen LogP contribution in [0.15, 0.2) is 29.2 Å². The van der Waals surface area contributed by atoms with Gasteiger partial charge in [-0.15, -0.1) is 0 Å². The monoisotopic (exact) mass is 353 g/mol. The number of amides is 1. The minimum absolute atomic E-state index is 0.0600. The van der Waals surface area contributed by atoms with Crippen molar-refractivity contribution in [1.82, 2.24) is 14.5 Å². The summed E-state index contributed by atoms with van der Waals surface area (Å²) in [6, 6.07) is 6.45. The molecule has 1 fully saturated rings. The van der Waals surface area contributed by atoms with Gasteiger partial charge >= 0.3 is 0 Å². The number of nitrogens with zero attached hydrogens (tertiary/aromatic N) is 2. The smallest absolute Gasteiger partial charge is 0.254 e. The van der Waals surface area contributed by atoms with Crippen molar-refractivity contribution in [2.45, 2.75) is 50.7 Å². The van der Waals surface area contributed by atoms with Crippen LogP contribution < -0.4 is 5.32 Å². The summed E-state index contributed by atoms with van der Waals surface area (Å²) in [6.45, 7) is 9.04. The van der Waals surface area contributed by atoms with E-state index >= 15 is 0 Å². The number of carbonyl (C=O) groups is 1. The quantitative estimate of drug-likeness (QED) is 0.891. The Morgan fingerprint density at radius 2 is 2.00 bits per heavy atom. The highest BCUT2D eigenvalue weighted by molar-refractivity contribution is 7.89. The Morgan fingerprint density at radius 1 is 1.33 bits per heavy atom. The van der Waals surface area contributed by atoms with Crippen molar-refractivity contribution in [3.63, 3.8) is 0 Å². The molecule has 0 spiro atoms. The van der Waals surface area contributed by atoms with Crippen molar-refractivity contribution in [3.05, 3.63) is 29.8 Å². The fourth-order valence-electron chi connectivity index (χ4n) is 2.74. The molecule has 1 saturated heterocycles. The summed E-state index contributed by atoms with van der Waals surface area (Å²) in [7, 11) is -2.05. The molecule has 1 N–H and O–H groups in total. The van der Waals surface area contributed by atoms with E-state index in [-0.39, 0.29) is 28.9 Å². The molecular weight excluding hydrogens is 326 g/mol. The number of carbonyl (C=O) groups excluding carboxylic acids is 1. The minimum Gasteiger partial charge on any atom is -0.333 e. The first-order valence-corrected chi connectivity index (χ1v) is 9.72. The largest absolute Gasteiger partial charge is 0.333 e. The lowest BCUT2D eigenvalue weighted by molar-refractivity contribution is 0.0602. The molecule has 7 heteroatoms. The molecule has 134 valence electrons. The Hall–Kier alpha value is -1.44. The van der Waals surface area contributed by atoms with Crippen molar-refractivity contribution in [2.24, 2.45) is 0 Å². The van der Waals surface area contributed by atoms with Crippen LogP contribution >= 0.6 is 0 Å². The maximum atomic E-state index is 12.8. The highest BCUT2D eigenvalue weighted by Gasteiger charge is 2.30. The van der Waals surface area contributed by atoms with Crippen LogP contribution in [0, 0.1) is 0 Å². The molecule has 1 aliphatic heterocycles. The zero-order valence-corrected chi connectivity index (χ0v) is 15.8. The number of piperazine rings is 1. The lowest BCUT2D eigenvalue weighted by Crippen LogP contribution is -2.57. The molecule has 0 radical (unpaired) electrons. The number of sulfonamides is 1. The molecule has 1 aromatic carbocycles. The third-order valence-corrected chi connectivity index (χ3v) is 6.81. The van der Waals surface area contributed by atoms with Crippen molar-refractivity contribution >= 4 is 15.9 Å². The Morgan fingerprint density at radius 3 is 2.62 bits per heavy atom. The predicted octanol–water partition coefficient (Wildman–Crippen LogP) is 1.54. The van der Waals surface area contributed by atoms with Crippen molar-refractivity contribution < 1.29 is 13.2 Å². The number of nitrogens with one attached hydrogen (secondary N) is 1. The Kier molecular flexibility index (Phi) is 5.67. The summed E-state index contributed by atoms with van der Waals surface area (Å²) in [4.78, 5) is 14.8. The van der Waals surface area contributed by atoms with E-state index in [1.807, 2.05) is 27.7 Å². The molecule has 1 amide bonds. The van der Waals surface area contributed by atoms with Gasteiger partial charge in [0, 0.05) is 43.8 Å². The molecule has 1 aromatic rings. The van der Waals surface area contributed by atoms with Crippen LogP contribution in [0.1, 0.15) is 38.1 Å². The average Bonchev–Trinajstić information content (AvgIpc) is 2.56. The number of hydrogen-bond acceptors (Lipinski definition) is 4. The number of benzene rings is 1. The van der Waals surface area contributed by atoms with Gasteiger partial charge in [0.1, 0.15) is 0 Å². The molecule has 2 unspecified atom stereocenters. The van der Waals surface area contributed by atoms with Gasteiger partial charge in [0.2, 0.25) is 10.0 Å². The molecule has 6 nitrogen and oxygen atoms in total. The standard InChI is InChI=1S/C17H27N3O3S/c1-12(2)19(5)24(22,23)16-8-6-7-15(11-16)17(21)20-10-9-18-13(3)14(20)4/h6-8,11-14,18H,9-10H2,1-5H3. The maximum absolute atomic E-state index is 12.8. The van der Waals surface area contributed by atoms with Gasteiger partial charge in [0.05, 0.1) is 4.90 Å². The second kappa shape index (κ2) is 7.21.